The summed E-state index contributed by atoms with van der Waals surface area (Å²) in [6.45, 7) is 2.49. The van der Waals surface area contributed by atoms with E-state index < -0.39 is 0 Å². The van der Waals surface area contributed by atoms with Crippen LogP contribution in [-0.4, -0.2) is 25.3 Å². The van der Waals surface area contributed by atoms with Crippen molar-refractivity contribution in [2.45, 2.75) is 38.6 Å². The fourth-order valence-electron chi connectivity index (χ4n) is 1.09. The molecule has 2 atom stereocenters. The van der Waals surface area contributed by atoms with Crippen LogP contribution in [0, 0.1) is 0 Å². The predicted molar refractivity (Wildman–Crippen MR) is 40.2 cm³/mol. The standard InChI is InChI=1S/C8H14O3/c1-7(6-9)11-8-4-2-3-5-10-8/h6-8H,2-5H2,1H3/t7-,8-/m1/s1. The average Bonchev–Trinajstić information content (AvgIpc) is 2.06. The zero-order valence-corrected chi connectivity index (χ0v) is 6.79. The number of ether oxygens (including phenoxy) is 2. The van der Waals surface area contributed by atoms with E-state index in [2.05, 4.69) is 0 Å². The molecular formula is C8H14O3. The number of hydrogen-bond acceptors (Lipinski definition) is 3. The Labute approximate surface area is 66.7 Å². The first kappa shape index (κ1) is 8.68. The molecule has 0 bridgehead atoms. The molecule has 1 fully saturated rings. The molecule has 1 aliphatic heterocycles. The van der Waals surface area contributed by atoms with Crippen LogP contribution in [0.4, 0.5) is 0 Å². The summed E-state index contributed by atoms with van der Waals surface area (Å²) >= 11 is 0. The molecule has 0 spiro atoms. The molecule has 3 nitrogen and oxygen atoms in total. The second-order valence-corrected chi connectivity index (χ2v) is 2.77. The summed E-state index contributed by atoms with van der Waals surface area (Å²) in [7, 11) is 0. The van der Waals surface area contributed by atoms with E-state index in [4.69, 9.17) is 9.47 Å². The summed E-state index contributed by atoms with van der Waals surface area (Å²) in [5, 5.41) is 0. The van der Waals surface area contributed by atoms with E-state index in [0.29, 0.717) is 0 Å². The van der Waals surface area contributed by atoms with Gasteiger partial charge in [0, 0.05) is 6.61 Å². The minimum absolute atomic E-state index is 0.149. The monoisotopic (exact) mass is 158 g/mol. The van der Waals surface area contributed by atoms with Crippen LogP contribution in [0.2, 0.25) is 0 Å². The number of rotatable bonds is 3. The molecule has 0 unspecified atom stereocenters. The van der Waals surface area contributed by atoms with Crippen LogP contribution in [0.3, 0.4) is 0 Å². The van der Waals surface area contributed by atoms with Gasteiger partial charge < -0.3 is 14.3 Å². The lowest BCUT2D eigenvalue weighted by Crippen LogP contribution is -2.26. The highest BCUT2D eigenvalue weighted by Crippen LogP contribution is 2.14. The Balaban J connectivity index is 2.18. The van der Waals surface area contributed by atoms with E-state index in [9.17, 15) is 4.79 Å². The van der Waals surface area contributed by atoms with Gasteiger partial charge in [0.25, 0.3) is 0 Å². The number of carbonyl (C=O) groups excluding carboxylic acids is 1. The molecule has 64 valence electrons. The van der Waals surface area contributed by atoms with E-state index in [-0.39, 0.29) is 12.4 Å². The SMILES string of the molecule is C[C@H](C=O)O[C@@H]1CCCCO1. The molecule has 0 aliphatic carbocycles. The molecule has 1 saturated heterocycles. The van der Waals surface area contributed by atoms with Crippen molar-refractivity contribution in [1.29, 1.82) is 0 Å². The average molecular weight is 158 g/mol. The zero-order valence-electron chi connectivity index (χ0n) is 6.79. The topological polar surface area (TPSA) is 35.5 Å². The van der Waals surface area contributed by atoms with Crippen molar-refractivity contribution in [2.24, 2.45) is 0 Å². The Morgan fingerprint density at radius 2 is 2.45 bits per heavy atom. The first-order chi connectivity index (χ1) is 5.33. The molecule has 3 heteroatoms. The molecule has 0 saturated carbocycles. The summed E-state index contributed by atoms with van der Waals surface area (Å²) in [5.74, 6) is 0. The Kier molecular flexibility index (Phi) is 3.52. The highest BCUT2D eigenvalue weighted by Gasteiger charge is 2.16. The number of aldehydes is 1. The van der Waals surface area contributed by atoms with Gasteiger partial charge in [-0.25, -0.2) is 0 Å². The van der Waals surface area contributed by atoms with E-state index in [1.807, 2.05) is 0 Å². The summed E-state index contributed by atoms with van der Waals surface area (Å²) in [6, 6.07) is 0. The second-order valence-electron chi connectivity index (χ2n) is 2.77. The van der Waals surface area contributed by atoms with E-state index in [1.54, 1.807) is 6.92 Å². The van der Waals surface area contributed by atoms with E-state index in [0.717, 1.165) is 32.2 Å². The Morgan fingerprint density at radius 1 is 1.64 bits per heavy atom. The maximum Gasteiger partial charge on any atom is 0.158 e. The largest absolute Gasteiger partial charge is 0.353 e. The molecule has 1 aliphatic rings. The van der Waals surface area contributed by atoms with Gasteiger partial charge in [0.1, 0.15) is 12.4 Å². The van der Waals surface area contributed by atoms with Crippen LogP contribution in [0.5, 0.6) is 0 Å². The van der Waals surface area contributed by atoms with Gasteiger partial charge in [0.05, 0.1) is 0 Å². The summed E-state index contributed by atoms with van der Waals surface area (Å²) < 4.78 is 10.5. The van der Waals surface area contributed by atoms with Gasteiger partial charge >= 0.3 is 0 Å². The third-order valence-corrected chi connectivity index (χ3v) is 1.70. The lowest BCUT2D eigenvalue weighted by molar-refractivity contribution is -0.183. The van der Waals surface area contributed by atoms with Crippen molar-refractivity contribution < 1.29 is 14.3 Å². The molecule has 0 aromatic heterocycles. The van der Waals surface area contributed by atoms with Gasteiger partial charge in [-0.05, 0) is 26.2 Å². The Morgan fingerprint density at radius 3 is 3.00 bits per heavy atom. The van der Waals surface area contributed by atoms with Crippen molar-refractivity contribution in [3.8, 4) is 0 Å². The maximum atomic E-state index is 10.2. The summed E-state index contributed by atoms with van der Waals surface area (Å²) in [6.07, 6.45) is 3.46. The highest BCUT2D eigenvalue weighted by atomic mass is 16.7. The van der Waals surface area contributed by atoms with Gasteiger partial charge in [-0.15, -0.1) is 0 Å². The van der Waals surface area contributed by atoms with Crippen molar-refractivity contribution >= 4 is 6.29 Å². The molecule has 1 rings (SSSR count). The quantitative estimate of drug-likeness (QED) is 0.577. The van der Waals surface area contributed by atoms with Crippen LogP contribution in [-0.2, 0) is 14.3 Å². The lowest BCUT2D eigenvalue weighted by Gasteiger charge is -2.23. The Hall–Kier alpha value is -0.410. The van der Waals surface area contributed by atoms with E-state index in [1.165, 1.54) is 0 Å². The van der Waals surface area contributed by atoms with Gasteiger partial charge in [0.15, 0.2) is 6.29 Å². The van der Waals surface area contributed by atoms with Crippen LogP contribution < -0.4 is 0 Å². The van der Waals surface area contributed by atoms with Crippen molar-refractivity contribution in [2.75, 3.05) is 6.61 Å². The molecule has 1 heterocycles. The van der Waals surface area contributed by atoms with Crippen LogP contribution in [0.1, 0.15) is 26.2 Å². The molecule has 0 radical (unpaired) electrons. The molecule has 0 N–H and O–H groups in total. The smallest absolute Gasteiger partial charge is 0.158 e. The number of hydrogen-bond donors (Lipinski definition) is 0. The maximum absolute atomic E-state index is 10.2. The number of carbonyl (C=O) groups is 1. The first-order valence-electron chi connectivity index (χ1n) is 4.05. The van der Waals surface area contributed by atoms with Crippen LogP contribution in [0.25, 0.3) is 0 Å². The lowest BCUT2D eigenvalue weighted by atomic mass is 10.2. The minimum Gasteiger partial charge on any atom is -0.353 e. The van der Waals surface area contributed by atoms with E-state index >= 15 is 0 Å². The molecule has 0 aromatic carbocycles. The minimum atomic E-state index is -0.335. The summed E-state index contributed by atoms with van der Waals surface area (Å²) in [4.78, 5) is 10.2. The molecule has 11 heavy (non-hydrogen) atoms. The first-order valence-corrected chi connectivity index (χ1v) is 4.05. The van der Waals surface area contributed by atoms with Crippen LogP contribution >= 0.6 is 0 Å². The van der Waals surface area contributed by atoms with Crippen molar-refractivity contribution in [3.05, 3.63) is 0 Å². The van der Waals surface area contributed by atoms with Crippen LogP contribution in [0.15, 0.2) is 0 Å². The zero-order chi connectivity index (χ0) is 8.10. The van der Waals surface area contributed by atoms with Crippen molar-refractivity contribution in [1.82, 2.24) is 0 Å². The van der Waals surface area contributed by atoms with Gasteiger partial charge in [-0.3, -0.25) is 0 Å². The predicted octanol–water partition coefficient (Wildman–Crippen LogP) is 1.12. The third kappa shape index (κ3) is 2.99. The fraction of sp³-hybridized carbons (Fsp3) is 0.875. The van der Waals surface area contributed by atoms with Gasteiger partial charge in [-0.2, -0.15) is 0 Å². The summed E-state index contributed by atoms with van der Waals surface area (Å²) in [5.41, 5.74) is 0. The third-order valence-electron chi connectivity index (χ3n) is 1.70. The second kappa shape index (κ2) is 4.46. The molecular weight excluding hydrogens is 144 g/mol. The molecule has 0 amide bonds. The fourth-order valence-corrected chi connectivity index (χ4v) is 1.09. The molecule has 0 aromatic rings. The van der Waals surface area contributed by atoms with Crippen molar-refractivity contribution in [3.63, 3.8) is 0 Å². The van der Waals surface area contributed by atoms with Gasteiger partial charge in [-0.1, -0.05) is 0 Å². The highest BCUT2D eigenvalue weighted by molar-refractivity contribution is 5.55. The van der Waals surface area contributed by atoms with Gasteiger partial charge in [0.2, 0.25) is 0 Å². The Bertz CT molecular complexity index is 119. The normalized spacial score (nSPS) is 27.9.